The number of methoxy groups -OCH3 is 1. The van der Waals surface area contributed by atoms with Gasteiger partial charge < -0.3 is 14.5 Å². The zero-order chi connectivity index (χ0) is 14.4. The number of nitrogens with zero attached hydrogens (tertiary/aromatic N) is 1. The molecule has 0 spiro atoms. The fourth-order valence-electron chi connectivity index (χ4n) is 3.50. The number of nitrogens with one attached hydrogen (secondary N) is 1. The summed E-state index contributed by atoms with van der Waals surface area (Å²) in [5, 5.41) is 3.64. The van der Waals surface area contributed by atoms with Crippen molar-refractivity contribution in [2.45, 2.75) is 38.8 Å². The molecule has 0 bridgehead atoms. The van der Waals surface area contributed by atoms with Gasteiger partial charge in [0.25, 0.3) is 0 Å². The second-order valence-electron chi connectivity index (χ2n) is 6.56. The van der Waals surface area contributed by atoms with Gasteiger partial charge in [-0.2, -0.15) is 0 Å². The molecule has 2 fully saturated rings. The monoisotopic (exact) mass is 286 g/mol. The quantitative estimate of drug-likeness (QED) is 0.877. The Morgan fingerprint density at radius 3 is 3.05 bits per heavy atom. The van der Waals surface area contributed by atoms with Crippen molar-refractivity contribution >= 4 is 16.8 Å². The number of benzene rings is 1. The third-order valence-corrected chi connectivity index (χ3v) is 4.85. The van der Waals surface area contributed by atoms with E-state index >= 15 is 0 Å². The van der Waals surface area contributed by atoms with Crippen molar-refractivity contribution in [2.75, 3.05) is 12.4 Å². The molecule has 0 saturated heterocycles. The molecule has 1 N–H and O–H groups in total. The average Bonchev–Trinajstić information content (AvgIpc) is 3.33. The predicted molar refractivity (Wildman–Crippen MR) is 82.1 cm³/mol. The van der Waals surface area contributed by atoms with E-state index in [1.807, 2.05) is 6.07 Å². The molecule has 0 radical (unpaired) electrons. The first-order valence-electron chi connectivity index (χ1n) is 7.89. The molecule has 21 heavy (non-hydrogen) atoms. The second-order valence-corrected chi connectivity index (χ2v) is 6.56. The Labute approximate surface area is 124 Å². The van der Waals surface area contributed by atoms with Crippen LogP contribution in [0.4, 0.5) is 5.69 Å². The van der Waals surface area contributed by atoms with Crippen LogP contribution in [0.15, 0.2) is 22.6 Å². The lowest BCUT2D eigenvalue weighted by molar-refractivity contribution is 0.161. The van der Waals surface area contributed by atoms with Gasteiger partial charge in [-0.15, -0.1) is 0 Å². The number of oxazole rings is 1. The maximum Gasteiger partial charge on any atom is 0.221 e. The molecule has 3 unspecified atom stereocenters. The Balaban J connectivity index is 1.45. The molecule has 112 valence electrons. The third kappa shape index (κ3) is 2.64. The van der Waals surface area contributed by atoms with E-state index in [1.54, 1.807) is 7.11 Å². The summed E-state index contributed by atoms with van der Waals surface area (Å²) in [7, 11) is 1.65. The van der Waals surface area contributed by atoms with Crippen LogP contribution in [0.5, 0.6) is 0 Å². The molecule has 0 aliphatic heterocycles. The highest BCUT2D eigenvalue weighted by molar-refractivity contribution is 5.77. The van der Waals surface area contributed by atoms with Crippen LogP contribution < -0.4 is 5.32 Å². The van der Waals surface area contributed by atoms with Gasteiger partial charge in [0, 0.05) is 18.8 Å². The van der Waals surface area contributed by atoms with Crippen LogP contribution in [0.3, 0.4) is 0 Å². The van der Waals surface area contributed by atoms with E-state index in [4.69, 9.17) is 9.15 Å². The van der Waals surface area contributed by atoms with E-state index in [0.717, 1.165) is 34.5 Å². The second kappa shape index (κ2) is 5.02. The Morgan fingerprint density at radius 2 is 2.29 bits per heavy atom. The maximum absolute atomic E-state index is 5.62. The third-order valence-electron chi connectivity index (χ3n) is 4.85. The first-order chi connectivity index (χ1) is 10.2. The van der Waals surface area contributed by atoms with Crippen molar-refractivity contribution in [3.05, 3.63) is 24.1 Å². The van der Waals surface area contributed by atoms with Gasteiger partial charge >= 0.3 is 0 Å². The van der Waals surface area contributed by atoms with Crippen molar-refractivity contribution in [3.63, 3.8) is 0 Å². The van der Waals surface area contributed by atoms with Gasteiger partial charge in [0.15, 0.2) is 5.58 Å². The van der Waals surface area contributed by atoms with Crippen LogP contribution in [0, 0.1) is 17.8 Å². The van der Waals surface area contributed by atoms with Crippen molar-refractivity contribution < 1.29 is 9.15 Å². The van der Waals surface area contributed by atoms with Crippen LogP contribution in [0.2, 0.25) is 0 Å². The largest absolute Gasteiger partial charge is 0.438 e. The minimum absolute atomic E-state index is 0.416. The summed E-state index contributed by atoms with van der Waals surface area (Å²) in [4.78, 5) is 4.45. The first kappa shape index (κ1) is 13.1. The van der Waals surface area contributed by atoms with Gasteiger partial charge in [0.1, 0.15) is 12.1 Å². The van der Waals surface area contributed by atoms with Crippen LogP contribution in [-0.4, -0.2) is 18.1 Å². The van der Waals surface area contributed by atoms with E-state index in [0.29, 0.717) is 18.5 Å². The van der Waals surface area contributed by atoms with Crippen LogP contribution >= 0.6 is 0 Å². The predicted octanol–water partition coefficient (Wildman–Crippen LogP) is 3.82. The highest BCUT2D eigenvalue weighted by atomic mass is 16.5. The molecule has 1 aromatic heterocycles. The Bertz CT molecular complexity index is 647. The minimum Gasteiger partial charge on any atom is -0.438 e. The molecular formula is C17H22N2O2. The molecule has 4 rings (SSSR count). The molecule has 4 heteroatoms. The topological polar surface area (TPSA) is 47.3 Å². The van der Waals surface area contributed by atoms with Crippen LogP contribution in [0.1, 0.15) is 32.1 Å². The molecule has 0 amide bonds. The maximum atomic E-state index is 5.62. The first-order valence-corrected chi connectivity index (χ1v) is 7.89. The zero-order valence-electron chi connectivity index (χ0n) is 12.6. The van der Waals surface area contributed by atoms with E-state index in [-0.39, 0.29) is 0 Å². The number of aromatic nitrogens is 1. The Kier molecular flexibility index (Phi) is 3.14. The van der Waals surface area contributed by atoms with Gasteiger partial charge in [0.2, 0.25) is 5.89 Å². The molecule has 2 aliphatic carbocycles. The summed E-state index contributed by atoms with van der Waals surface area (Å²) in [6.07, 6.45) is 4.32. The highest BCUT2D eigenvalue weighted by Crippen LogP contribution is 2.55. The summed E-state index contributed by atoms with van der Waals surface area (Å²) in [6, 6.07) is 6.68. The minimum atomic E-state index is 0.416. The number of hydrogen-bond acceptors (Lipinski definition) is 4. The SMILES string of the molecule is COCc1nc2cc(NC(C)C3CC3C3CC3)ccc2o1. The Morgan fingerprint density at radius 1 is 1.43 bits per heavy atom. The van der Waals surface area contributed by atoms with Crippen molar-refractivity contribution in [3.8, 4) is 0 Å². The lowest BCUT2D eigenvalue weighted by atomic mass is 10.1. The van der Waals surface area contributed by atoms with Crippen molar-refractivity contribution in [1.29, 1.82) is 0 Å². The lowest BCUT2D eigenvalue weighted by Crippen LogP contribution is -2.18. The number of rotatable bonds is 6. The normalized spacial score (nSPS) is 26.0. The molecule has 2 aromatic rings. The summed E-state index contributed by atoms with van der Waals surface area (Å²) in [5.41, 5.74) is 2.85. The van der Waals surface area contributed by atoms with Gasteiger partial charge in [0.05, 0.1) is 0 Å². The van der Waals surface area contributed by atoms with Crippen LogP contribution in [-0.2, 0) is 11.3 Å². The van der Waals surface area contributed by atoms with Gasteiger partial charge in [-0.3, -0.25) is 0 Å². The summed E-state index contributed by atoms with van der Waals surface area (Å²) >= 11 is 0. The van der Waals surface area contributed by atoms with Crippen molar-refractivity contribution in [2.24, 2.45) is 17.8 Å². The van der Waals surface area contributed by atoms with E-state index in [2.05, 4.69) is 29.4 Å². The summed E-state index contributed by atoms with van der Waals surface area (Å²) < 4.78 is 10.7. The van der Waals surface area contributed by atoms with Crippen LogP contribution in [0.25, 0.3) is 11.1 Å². The molecular weight excluding hydrogens is 264 g/mol. The molecule has 4 nitrogen and oxygen atoms in total. The number of fused-ring (bicyclic) bond motifs is 1. The summed E-state index contributed by atoms with van der Waals surface area (Å²) in [5.74, 6) is 3.51. The fourth-order valence-corrected chi connectivity index (χ4v) is 3.50. The lowest BCUT2D eigenvalue weighted by Gasteiger charge is -2.15. The number of anilines is 1. The molecule has 1 heterocycles. The van der Waals surface area contributed by atoms with E-state index in [9.17, 15) is 0 Å². The molecule has 2 saturated carbocycles. The fraction of sp³-hybridized carbons (Fsp3) is 0.588. The van der Waals surface area contributed by atoms with Gasteiger partial charge in [-0.05, 0) is 62.1 Å². The smallest absolute Gasteiger partial charge is 0.221 e. The zero-order valence-corrected chi connectivity index (χ0v) is 12.6. The standard InChI is InChI=1S/C17H22N2O2/c1-10(13-8-14(13)11-3-4-11)18-12-5-6-16-15(7-12)19-17(21-16)9-20-2/h5-7,10-11,13-14,18H,3-4,8-9H2,1-2H3. The number of ether oxygens (including phenoxy) is 1. The summed E-state index contributed by atoms with van der Waals surface area (Å²) in [6.45, 7) is 2.72. The van der Waals surface area contributed by atoms with Gasteiger partial charge in [-0.1, -0.05) is 0 Å². The van der Waals surface area contributed by atoms with E-state index in [1.165, 1.54) is 19.3 Å². The van der Waals surface area contributed by atoms with Crippen molar-refractivity contribution in [1.82, 2.24) is 4.98 Å². The molecule has 1 aromatic carbocycles. The molecule has 2 aliphatic rings. The van der Waals surface area contributed by atoms with Gasteiger partial charge in [-0.25, -0.2) is 4.98 Å². The number of hydrogen-bond donors (Lipinski definition) is 1. The highest BCUT2D eigenvalue weighted by Gasteiger charge is 2.49. The molecule has 3 atom stereocenters. The average molecular weight is 286 g/mol. The van der Waals surface area contributed by atoms with E-state index < -0.39 is 0 Å². The Hall–Kier alpha value is -1.55.